The van der Waals surface area contributed by atoms with E-state index in [9.17, 15) is 0 Å². The molecular weight excluding hydrogens is 248 g/mol. The Morgan fingerprint density at radius 3 is 2.55 bits per heavy atom. The lowest BCUT2D eigenvalue weighted by atomic mass is 10.1. The quantitative estimate of drug-likeness (QED) is 0.870. The zero-order valence-electron chi connectivity index (χ0n) is 12.4. The molecule has 1 unspecified atom stereocenters. The first-order chi connectivity index (χ1) is 9.70. The van der Waals surface area contributed by atoms with E-state index in [0.717, 1.165) is 24.3 Å². The van der Waals surface area contributed by atoms with Gasteiger partial charge in [0.15, 0.2) is 0 Å². The van der Waals surface area contributed by atoms with Crippen LogP contribution in [0.1, 0.15) is 36.8 Å². The maximum absolute atomic E-state index is 5.91. The number of benzene rings is 1. The molecule has 1 aromatic heterocycles. The molecule has 3 heteroatoms. The van der Waals surface area contributed by atoms with Crippen molar-refractivity contribution in [1.82, 2.24) is 10.3 Å². The number of hydrogen-bond donors (Lipinski definition) is 1. The Labute approximate surface area is 121 Å². The second-order valence-electron chi connectivity index (χ2n) is 4.85. The van der Waals surface area contributed by atoms with Crippen LogP contribution < -0.4 is 10.1 Å². The molecule has 0 aliphatic rings. The molecule has 1 aromatic carbocycles. The summed E-state index contributed by atoms with van der Waals surface area (Å²) in [6.07, 6.45) is 0.00252. The number of aromatic nitrogens is 1. The third kappa shape index (κ3) is 3.81. The highest BCUT2D eigenvalue weighted by atomic mass is 16.5. The Morgan fingerprint density at radius 1 is 1.15 bits per heavy atom. The third-order valence-corrected chi connectivity index (χ3v) is 3.30. The molecule has 2 aromatic rings. The van der Waals surface area contributed by atoms with E-state index in [1.165, 1.54) is 5.56 Å². The van der Waals surface area contributed by atoms with Crippen LogP contribution in [0.25, 0.3) is 0 Å². The zero-order chi connectivity index (χ0) is 14.4. The fraction of sp³-hybridized carbons (Fsp3) is 0.353. The van der Waals surface area contributed by atoms with Gasteiger partial charge < -0.3 is 10.1 Å². The highest BCUT2D eigenvalue weighted by molar-refractivity contribution is 5.26. The molecule has 20 heavy (non-hydrogen) atoms. The second kappa shape index (κ2) is 7.06. The van der Waals surface area contributed by atoms with Crippen molar-refractivity contribution >= 4 is 0 Å². The van der Waals surface area contributed by atoms with Crippen LogP contribution >= 0.6 is 0 Å². The van der Waals surface area contributed by atoms with Crippen LogP contribution in [0.15, 0.2) is 42.5 Å². The Balaban J connectivity index is 2.05. The van der Waals surface area contributed by atoms with E-state index in [-0.39, 0.29) is 6.10 Å². The average molecular weight is 270 g/mol. The molecule has 0 aliphatic carbocycles. The average Bonchev–Trinajstić information content (AvgIpc) is 2.47. The van der Waals surface area contributed by atoms with Gasteiger partial charge in [-0.05, 0) is 31.5 Å². The largest absolute Gasteiger partial charge is 0.470 e. The number of aryl methyl sites for hydroxylation is 1. The van der Waals surface area contributed by atoms with Crippen molar-refractivity contribution in [2.45, 2.75) is 33.4 Å². The minimum absolute atomic E-state index is 0.00252. The molecular formula is C17H22N2O. The topological polar surface area (TPSA) is 34.1 Å². The lowest BCUT2D eigenvalue weighted by Gasteiger charge is -2.15. The van der Waals surface area contributed by atoms with Crippen LogP contribution in [-0.4, -0.2) is 11.5 Å². The summed E-state index contributed by atoms with van der Waals surface area (Å²) in [6, 6.07) is 14.2. The maximum Gasteiger partial charge on any atom is 0.214 e. The van der Waals surface area contributed by atoms with E-state index in [1.807, 2.05) is 38.1 Å². The van der Waals surface area contributed by atoms with Gasteiger partial charge in [-0.15, -0.1) is 0 Å². The van der Waals surface area contributed by atoms with Gasteiger partial charge in [0.2, 0.25) is 5.88 Å². The number of ether oxygens (including phenoxy) is 1. The van der Waals surface area contributed by atoms with Gasteiger partial charge in [0, 0.05) is 18.3 Å². The van der Waals surface area contributed by atoms with Crippen LogP contribution in [-0.2, 0) is 6.54 Å². The summed E-state index contributed by atoms with van der Waals surface area (Å²) < 4.78 is 5.91. The van der Waals surface area contributed by atoms with E-state index >= 15 is 0 Å². The summed E-state index contributed by atoms with van der Waals surface area (Å²) in [5, 5.41) is 3.31. The number of pyridine rings is 1. The van der Waals surface area contributed by atoms with Crippen molar-refractivity contribution in [3.63, 3.8) is 0 Å². The molecule has 2 rings (SSSR count). The SMILES string of the molecule is CCNCc1ccc(OC(C)c2ccccc2)nc1C. The van der Waals surface area contributed by atoms with Gasteiger partial charge in [0.05, 0.1) is 0 Å². The lowest BCUT2D eigenvalue weighted by molar-refractivity contribution is 0.217. The number of nitrogens with one attached hydrogen (secondary N) is 1. The Morgan fingerprint density at radius 2 is 1.90 bits per heavy atom. The summed E-state index contributed by atoms with van der Waals surface area (Å²) in [5.74, 6) is 0.680. The number of rotatable bonds is 6. The van der Waals surface area contributed by atoms with Crippen molar-refractivity contribution in [2.24, 2.45) is 0 Å². The smallest absolute Gasteiger partial charge is 0.214 e. The molecule has 3 nitrogen and oxygen atoms in total. The van der Waals surface area contributed by atoms with Crippen LogP contribution in [0.2, 0.25) is 0 Å². The van der Waals surface area contributed by atoms with E-state index < -0.39 is 0 Å². The fourth-order valence-electron chi connectivity index (χ4n) is 2.05. The van der Waals surface area contributed by atoms with Crippen molar-refractivity contribution < 1.29 is 4.74 Å². The van der Waals surface area contributed by atoms with Gasteiger partial charge in [-0.1, -0.05) is 43.3 Å². The third-order valence-electron chi connectivity index (χ3n) is 3.30. The maximum atomic E-state index is 5.91. The molecule has 0 aliphatic heterocycles. The number of nitrogens with zero attached hydrogens (tertiary/aromatic N) is 1. The molecule has 0 fully saturated rings. The number of hydrogen-bond acceptors (Lipinski definition) is 3. The van der Waals surface area contributed by atoms with Crippen molar-refractivity contribution in [3.05, 3.63) is 59.3 Å². The fourth-order valence-corrected chi connectivity index (χ4v) is 2.05. The lowest BCUT2D eigenvalue weighted by Crippen LogP contribution is -2.13. The standard InChI is InChI=1S/C17H22N2O/c1-4-18-12-16-10-11-17(19-13(16)2)20-14(3)15-8-6-5-7-9-15/h5-11,14,18H,4,12H2,1-3H3. The van der Waals surface area contributed by atoms with Crippen molar-refractivity contribution in [3.8, 4) is 5.88 Å². The Bertz CT molecular complexity index is 540. The minimum Gasteiger partial charge on any atom is -0.470 e. The normalized spacial score (nSPS) is 12.2. The van der Waals surface area contributed by atoms with Gasteiger partial charge in [-0.25, -0.2) is 4.98 Å². The van der Waals surface area contributed by atoms with Crippen molar-refractivity contribution in [2.75, 3.05) is 6.54 Å². The first-order valence-electron chi connectivity index (χ1n) is 7.09. The molecule has 0 saturated carbocycles. The summed E-state index contributed by atoms with van der Waals surface area (Å²) in [7, 11) is 0. The van der Waals surface area contributed by atoms with Gasteiger partial charge in [-0.2, -0.15) is 0 Å². The predicted octanol–water partition coefficient (Wildman–Crippen LogP) is 3.64. The molecule has 0 saturated heterocycles. The molecule has 106 valence electrons. The summed E-state index contributed by atoms with van der Waals surface area (Å²) >= 11 is 0. The van der Waals surface area contributed by atoms with Crippen LogP contribution in [0.4, 0.5) is 0 Å². The second-order valence-corrected chi connectivity index (χ2v) is 4.85. The first kappa shape index (κ1) is 14.5. The first-order valence-corrected chi connectivity index (χ1v) is 7.09. The zero-order valence-corrected chi connectivity index (χ0v) is 12.4. The highest BCUT2D eigenvalue weighted by Gasteiger charge is 2.08. The van der Waals surface area contributed by atoms with E-state index in [0.29, 0.717) is 5.88 Å². The van der Waals surface area contributed by atoms with Crippen molar-refractivity contribution in [1.29, 1.82) is 0 Å². The monoisotopic (exact) mass is 270 g/mol. The van der Waals surface area contributed by atoms with Crippen LogP contribution in [0.3, 0.4) is 0 Å². The van der Waals surface area contributed by atoms with Gasteiger partial charge in [0.1, 0.15) is 6.10 Å². The summed E-state index contributed by atoms with van der Waals surface area (Å²) in [4.78, 5) is 4.53. The molecule has 1 heterocycles. The van der Waals surface area contributed by atoms with E-state index in [1.54, 1.807) is 0 Å². The molecule has 0 amide bonds. The van der Waals surface area contributed by atoms with Gasteiger partial charge in [0.25, 0.3) is 0 Å². The molecule has 0 spiro atoms. The minimum atomic E-state index is 0.00252. The van der Waals surface area contributed by atoms with Crippen LogP contribution in [0, 0.1) is 6.92 Å². The Hall–Kier alpha value is -1.87. The highest BCUT2D eigenvalue weighted by Crippen LogP contribution is 2.21. The molecule has 0 bridgehead atoms. The van der Waals surface area contributed by atoms with Gasteiger partial charge >= 0.3 is 0 Å². The summed E-state index contributed by atoms with van der Waals surface area (Å²) in [6.45, 7) is 7.97. The van der Waals surface area contributed by atoms with E-state index in [4.69, 9.17) is 4.74 Å². The Kier molecular flexibility index (Phi) is 5.13. The van der Waals surface area contributed by atoms with Gasteiger partial charge in [-0.3, -0.25) is 0 Å². The molecule has 1 atom stereocenters. The van der Waals surface area contributed by atoms with E-state index in [2.05, 4.69) is 35.4 Å². The molecule has 1 N–H and O–H groups in total. The summed E-state index contributed by atoms with van der Waals surface area (Å²) in [5.41, 5.74) is 3.39. The van der Waals surface area contributed by atoms with Crippen LogP contribution in [0.5, 0.6) is 5.88 Å². The predicted molar refractivity (Wildman–Crippen MR) is 81.8 cm³/mol. The molecule has 0 radical (unpaired) electrons.